The quantitative estimate of drug-likeness (QED) is 0.537. The van der Waals surface area contributed by atoms with Crippen LogP contribution in [0.4, 0.5) is 0 Å². The monoisotopic (exact) mass is 474 g/mol. The predicted octanol–water partition coefficient (Wildman–Crippen LogP) is 3.54. The molecule has 8 nitrogen and oxygen atoms in total. The van der Waals surface area contributed by atoms with Crippen molar-refractivity contribution in [2.45, 2.75) is 0 Å². The van der Waals surface area contributed by atoms with Crippen molar-refractivity contribution in [3.05, 3.63) is 60.7 Å². The Bertz CT molecular complexity index is 774. The van der Waals surface area contributed by atoms with Crippen LogP contribution in [0.2, 0.25) is 0 Å². The molecule has 0 N–H and O–H groups in total. The van der Waals surface area contributed by atoms with Gasteiger partial charge >= 0.3 is 0 Å². The van der Waals surface area contributed by atoms with E-state index >= 15 is 0 Å². The van der Waals surface area contributed by atoms with Gasteiger partial charge in [0.25, 0.3) is 0 Å². The van der Waals surface area contributed by atoms with Gasteiger partial charge < -0.3 is 37.9 Å². The minimum Gasteiger partial charge on any atom is -0.487 e. The molecule has 0 amide bonds. The predicted molar refractivity (Wildman–Crippen MR) is 127 cm³/mol. The first-order valence-corrected chi connectivity index (χ1v) is 11.5. The minimum absolute atomic E-state index is 0.299. The van der Waals surface area contributed by atoms with Gasteiger partial charge in [-0.1, -0.05) is 30.8 Å². The van der Waals surface area contributed by atoms with E-state index in [1.54, 1.807) is 0 Å². The van der Waals surface area contributed by atoms with Crippen LogP contribution in [0.25, 0.3) is 0 Å². The number of hydrogen-bond acceptors (Lipinski definition) is 8. The number of fused-ring (bicyclic) bond motifs is 2. The van der Waals surface area contributed by atoms with Crippen molar-refractivity contribution in [2.75, 3.05) is 79.3 Å². The van der Waals surface area contributed by atoms with Crippen molar-refractivity contribution < 1.29 is 37.9 Å². The van der Waals surface area contributed by atoms with Crippen molar-refractivity contribution in [2.24, 2.45) is 0 Å². The van der Waals surface area contributed by atoms with Crippen molar-refractivity contribution >= 4 is 0 Å². The summed E-state index contributed by atoms with van der Waals surface area (Å²) >= 11 is 0. The first kappa shape index (κ1) is 25.8. The zero-order valence-electron chi connectivity index (χ0n) is 19.6. The smallest absolute Gasteiger partial charge is 0.161 e. The summed E-state index contributed by atoms with van der Waals surface area (Å²) in [6, 6.07) is 15.0. The number of rotatable bonds is 0. The van der Waals surface area contributed by atoms with E-state index in [1.807, 2.05) is 48.5 Å². The SMILES string of the molecule is C=C1COc2ccccc2OCCOCCOCCOCCOCCOc2ccccc2OC1. The zero-order chi connectivity index (χ0) is 23.7. The summed E-state index contributed by atoms with van der Waals surface area (Å²) in [7, 11) is 0. The summed E-state index contributed by atoms with van der Waals surface area (Å²) in [6.45, 7) is 9.39. The summed E-state index contributed by atoms with van der Waals surface area (Å²) in [6.07, 6.45) is 0. The number of para-hydroxylation sites is 4. The third kappa shape index (κ3) is 10.0. The highest BCUT2D eigenvalue weighted by atomic mass is 16.6. The van der Waals surface area contributed by atoms with Gasteiger partial charge in [-0.15, -0.1) is 0 Å². The third-order valence-electron chi connectivity index (χ3n) is 4.65. The Balaban J connectivity index is 1.53. The van der Waals surface area contributed by atoms with Gasteiger partial charge in [-0.2, -0.15) is 0 Å². The lowest BCUT2D eigenvalue weighted by Gasteiger charge is -2.15. The van der Waals surface area contributed by atoms with Crippen LogP contribution in [-0.4, -0.2) is 79.3 Å². The molecule has 0 aliphatic carbocycles. The fourth-order valence-corrected chi connectivity index (χ4v) is 2.96. The molecule has 0 atom stereocenters. The van der Waals surface area contributed by atoms with Crippen LogP contribution in [0.15, 0.2) is 60.7 Å². The van der Waals surface area contributed by atoms with Crippen molar-refractivity contribution in [3.8, 4) is 23.0 Å². The molecule has 1 aliphatic rings. The van der Waals surface area contributed by atoms with Crippen LogP contribution < -0.4 is 18.9 Å². The highest BCUT2D eigenvalue weighted by Crippen LogP contribution is 2.28. The average Bonchev–Trinajstić information content (AvgIpc) is 2.86. The number of ether oxygens (including phenoxy) is 8. The Morgan fingerprint density at radius 3 is 1.06 bits per heavy atom. The molecule has 0 bridgehead atoms. The van der Waals surface area contributed by atoms with Gasteiger partial charge in [0.15, 0.2) is 23.0 Å². The molecule has 1 heterocycles. The molecule has 34 heavy (non-hydrogen) atoms. The molecular formula is C26H34O8. The van der Waals surface area contributed by atoms with Crippen LogP contribution in [-0.2, 0) is 18.9 Å². The molecule has 3 rings (SSSR count). The van der Waals surface area contributed by atoms with Crippen LogP contribution >= 0.6 is 0 Å². The van der Waals surface area contributed by atoms with Gasteiger partial charge in [0.2, 0.25) is 0 Å². The normalized spacial score (nSPS) is 18.3. The van der Waals surface area contributed by atoms with Gasteiger partial charge in [-0.3, -0.25) is 0 Å². The number of benzene rings is 2. The van der Waals surface area contributed by atoms with E-state index in [-0.39, 0.29) is 0 Å². The van der Waals surface area contributed by atoms with E-state index in [4.69, 9.17) is 37.9 Å². The molecular weight excluding hydrogens is 440 g/mol. The maximum Gasteiger partial charge on any atom is 0.161 e. The minimum atomic E-state index is 0.299. The molecule has 2 aromatic rings. The van der Waals surface area contributed by atoms with Crippen LogP contribution in [0.1, 0.15) is 0 Å². The highest BCUT2D eigenvalue weighted by molar-refractivity contribution is 5.40. The van der Waals surface area contributed by atoms with E-state index in [1.165, 1.54) is 0 Å². The van der Waals surface area contributed by atoms with Crippen LogP contribution in [0, 0.1) is 0 Å². The topological polar surface area (TPSA) is 73.8 Å². The standard InChI is InChI=1S/C26H34O8/c1-22-20-33-25-8-4-2-6-23(25)31-18-16-29-14-12-27-10-11-28-13-15-30-17-19-32-24-7-3-5-9-26(24)34-21-22/h2-9H,1,10-21H2. The Hall–Kier alpha value is -2.78. The first-order valence-electron chi connectivity index (χ1n) is 11.5. The second-order valence-electron chi connectivity index (χ2n) is 7.37. The lowest BCUT2D eigenvalue weighted by atomic mass is 10.3. The second kappa shape index (κ2) is 16.0. The second-order valence-corrected chi connectivity index (χ2v) is 7.37. The molecule has 0 fully saturated rings. The molecule has 0 aromatic heterocycles. The van der Waals surface area contributed by atoms with Gasteiger partial charge in [-0.05, 0) is 29.8 Å². The van der Waals surface area contributed by atoms with Crippen LogP contribution in [0.5, 0.6) is 23.0 Å². The van der Waals surface area contributed by atoms with Crippen molar-refractivity contribution in [1.29, 1.82) is 0 Å². The van der Waals surface area contributed by atoms with E-state index < -0.39 is 0 Å². The van der Waals surface area contributed by atoms with Crippen molar-refractivity contribution in [1.82, 2.24) is 0 Å². The molecule has 0 saturated heterocycles. The number of hydrogen-bond donors (Lipinski definition) is 0. The summed E-state index contributed by atoms with van der Waals surface area (Å²) in [4.78, 5) is 0. The van der Waals surface area contributed by atoms with E-state index in [0.29, 0.717) is 102 Å². The lowest BCUT2D eigenvalue weighted by molar-refractivity contribution is -0.00709. The first-order chi connectivity index (χ1) is 16.8. The Morgan fingerprint density at radius 2 is 0.706 bits per heavy atom. The molecule has 186 valence electrons. The molecule has 1 aliphatic heterocycles. The molecule has 2 aromatic carbocycles. The molecule has 0 saturated carbocycles. The lowest BCUT2D eigenvalue weighted by Crippen LogP contribution is -2.14. The van der Waals surface area contributed by atoms with Gasteiger partial charge in [0.05, 0.1) is 52.9 Å². The molecule has 0 radical (unpaired) electrons. The van der Waals surface area contributed by atoms with Gasteiger partial charge in [0, 0.05) is 0 Å². The average molecular weight is 475 g/mol. The summed E-state index contributed by atoms with van der Waals surface area (Å²) in [5, 5.41) is 0. The highest BCUT2D eigenvalue weighted by Gasteiger charge is 2.08. The largest absolute Gasteiger partial charge is 0.487 e. The maximum atomic E-state index is 5.91. The third-order valence-corrected chi connectivity index (χ3v) is 4.65. The molecule has 0 spiro atoms. The molecule has 8 heteroatoms. The summed E-state index contributed by atoms with van der Waals surface area (Å²) < 4.78 is 45.5. The summed E-state index contributed by atoms with van der Waals surface area (Å²) in [5.74, 6) is 2.59. The Morgan fingerprint density at radius 1 is 0.412 bits per heavy atom. The van der Waals surface area contributed by atoms with E-state index in [9.17, 15) is 0 Å². The Kier molecular flexibility index (Phi) is 12.1. The van der Waals surface area contributed by atoms with Gasteiger partial charge in [0.1, 0.15) is 26.4 Å². The van der Waals surface area contributed by atoms with E-state index in [0.717, 1.165) is 5.57 Å². The fourth-order valence-electron chi connectivity index (χ4n) is 2.96. The Labute approximate surface area is 201 Å². The summed E-state index contributed by atoms with van der Waals surface area (Å²) in [5.41, 5.74) is 0.779. The maximum absolute atomic E-state index is 5.91. The molecule has 0 unspecified atom stereocenters. The fraction of sp³-hybridized carbons (Fsp3) is 0.462. The van der Waals surface area contributed by atoms with E-state index in [2.05, 4.69) is 6.58 Å². The zero-order valence-corrected chi connectivity index (χ0v) is 19.6. The van der Waals surface area contributed by atoms with Crippen LogP contribution in [0.3, 0.4) is 0 Å². The van der Waals surface area contributed by atoms with Crippen molar-refractivity contribution in [3.63, 3.8) is 0 Å². The van der Waals surface area contributed by atoms with Gasteiger partial charge in [-0.25, -0.2) is 0 Å².